The van der Waals surface area contributed by atoms with Crippen molar-refractivity contribution in [3.63, 3.8) is 0 Å². The second-order valence-electron chi connectivity index (χ2n) is 4.94. The Morgan fingerprint density at radius 1 is 1.00 bits per heavy atom. The van der Waals surface area contributed by atoms with Crippen LogP contribution in [0.25, 0.3) is 11.4 Å². The van der Waals surface area contributed by atoms with Crippen LogP contribution >= 0.6 is 0 Å². The van der Waals surface area contributed by atoms with Crippen molar-refractivity contribution >= 4 is 0 Å². The van der Waals surface area contributed by atoms with E-state index in [0.29, 0.717) is 0 Å². The summed E-state index contributed by atoms with van der Waals surface area (Å²) >= 11 is 0. The predicted octanol–water partition coefficient (Wildman–Crippen LogP) is 3.01. The molecule has 0 unspecified atom stereocenters. The van der Waals surface area contributed by atoms with Crippen molar-refractivity contribution in [3.05, 3.63) is 36.2 Å². The highest BCUT2D eigenvalue weighted by atomic mass is 15.3. The van der Waals surface area contributed by atoms with Crippen LogP contribution in [0.15, 0.2) is 30.3 Å². The maximum atomic E-state index is 4.27. The topological polar surface area (TPSA) is 30.7 Å². The summed E-state index contributed by atoms with van der Waals surface area (Å²) in [5.74, 6) is 1.89. The molecular weight excluding hydrogens is 198 g/mol. The lowest BCUT2D eigenvalue weighted by Crippen LogP contribution is -2.24. The average molecular weight is 215 g/mol. The summed E-state index contributed by atoms with van der Waals surface area (Å²) in [6.45, 7) is 8.48. The van der Waals surface area contributed by atoms with Gasteiger partial charge in [-0.2, -0.15) is 0 Å². The summed E-state index contributed by atoms with van der Waals surface area (Å²) in [6, 6.07) is 10.2. The number of aromatic nitrogens is 3. The molecule has 0 saturated carbocycles. The normalized spacial score (nSPS) is 11.8. The van der Waals surface area contributed by atoms with Gasteiger partial charge in [0.15, 0.2) is 5.82 Å². The van der Waals surface area contributed by atoms with Gasteiger partial charge in [0.05, 0.1) is 0 Å². The van der Waals surface area contributed by atoms with Crippen LogP contribution in [0, 0.1) is 6.92 Å². The summed E-state index contributed by atoms with van der Waals surface area (Å²) in [5.41, 5.74) is 1.11. The molecule has 0 radical (unpaired) electrons. The molecule has 0 aliphatic heterocycles. The van der Waals surface area contributed by atoms with Gasteiger partial charge in [0.2, 0.25) is 0 Å². The van der Waals surface area contributed by atoms with Gasteiger partial charge in [-0.3, -0.25) is 0 Å². The molecule has 84 valence electrons. The number of rotatable bonds is 1. The van der Waals surface area contributed by atoms with Crippen LogP contribution < -0.4 is 0 Å². The predicted molar refractivity (Wildman–Crippen MR) is 65.2 cm³/mol. The molecule has 2 rings (SSSR count). The van der Waals surface area contributed by atoms with Crippen molar-refractivity contribution in [1.82, 2.24) is 14.8 Å². The largest absolute Gasteiger partial charge is 0.306 e. The zero-order chi connectivity index (χ0) is 11.8. The first kappa shape index (κ1) is 10.9. The molecule has 0 saturated heterocycles. The van der Waals surface area contributed by atoms with Crippen LogP contribution in [0.5, 0.6) is 0 Å². The molecule has 0 fully saturated rings. The Morgan fingerprint density at radius 3 is 2.19 bits per heavy atom. The molecule has 1 heterocycles. The van der Waals surface area contributed by atoms with E-state index >= 15 is 0 Å². The first-order chi connectivity index (χ1) is 7.50. The average Bonchev–Trinajstić information content (AvgIpc) is 2.61. The van der Waals surface area contributed by atoms with Crippen LogP contribution in [-0.2, 0) is 5.54 Å². The molecule has 0 spiro atoms. The first-order valence-electron chi connectivity index (χ1n) is 5.48. The number of hydrogen-bond acceptors (Lipinski definition) is 2. The molecule has 0 bridgehead atoms. The zero-order valence-electron chi connectivity index (χ0n) is 10.2. The van der Waals surface area contributed by atoms with E-state index in [2.05, 4.69) is 47.7 Å². The van der Waals surface area contributed by atoms with Crippen LogP contribution in [0.2, 0.25) is 0 Å². The van der Waals surface area contributed by atoms with Gasteiger partial charge in [0.1, 0.15) is 5.82 Å². The molecule has 0 aliphatic carbocycles. The third-order valence-electron chi connectivity index (χ3n) is 2.53. The third kappa shape index (κ3) is 1.85. The fourth-order valence-electron chi connectivity index (χ4n) is 1.94. The van der Waals surface area contributed by atoms with Crippen LogP contribution in [0.3, 0.4) is 0 Å². The number of benzene rings is 1. The van der Waals surface area contributed by atoms with Crippen LogP contribution in [-0.4, -0.2) is 14.8 Å². The van der Waals surface area contributed by atoms with Crippen molar-refractivity contribution in [2.24, 2.45) is 0 Å². The maximum Gasteiger partial charge on any atom is 0.164 e. The van der Waals surface area contributed by atoms with Gasteiger partial charge in [-0.1, -0.05) is 30.3 Å². The Labute approximate surface area is 96.1 Å². The summed E-state index contributed by atoms with van der Waals surface area (Å²) < 4.78 is 2.17. The lowest BCUT2D eigenvalue weighted by Gasteiger charge is -2.24. The standard InChI is InChI=1S/C13H17N3/c1-10-14-15-12(16(10)13(2,3)4)11-8-6-5-7-9-11/h5-9H,1-4H3. The monoisotopic (exact) mass is 215 g/mol. The summed E-state index contributed by atoms with van der Waals surface area (Å²) in [4.78, 5) is 0. The molecule has 1 aromatic heterocycles. The minimum absolute atomic E-state index is 0.00123. The van der Waals surface area contributed by atoms with E-state index in [1.807, 2.05) is 25.1 Å². The van der Waals surface area contributed by atoms with E-state index in [4.69, 9.17) is 0 Å². The molecule has 3 nitrogen and oxygen atoms in total. The molecule has 2 aromatic rings. The van der Waals surface area contributed by atoms with Gasteiger partial charge in [0.25, 0.3) is 0 Å². The van der Waals surface area contributed by atoms with E-state index in [-0.39, 0.29) is 5.54 Å². The SMILES string of the molecule is Cc1nnc(-c2ccccc2)n1C(C)(C)C. The smallest absolute Gasteiger partial charge is 0.164 e. The Morgan fingerprint density at radius 2 is 1.62 bits per heavy atom. The number of hydrogen-bond donors (Lipinski definition) is 0. The van der Waals surface area contributed by atoms with Crippen molar-refractivity contribution in [2.45, 2.75) is 33.2 Å². The van der Waals surface area contributed by atoms with E-state index < -0.39 is 0 Å². The quantitative estimate of drug-likeness (QED) is 0.732. The van der Waals surface area contributed by atoms with Gasteiger partial charge in [-0.15, -0.1) is 10.2 Å². The minimum Gasteiger partial charge on any atom is -0.306 e. The highest BCUT2D eigenvalue weighted by Crippen LogP contribution is 2.25. The second kappa shape index (κ2) is 3.74. The van der Waals surface area contributed by atoms with Gasteiger partial charge >= 0.3 is 0 Å². The Balaban J connectivity index is 2.60. The molecule has 3 heteroatoms. The van der Waals surface area contributed by atoms with Gasteiger partial charge in [0, 0.05) is 11.1 Å². The molecular formula is C13H17N3. The fourth-order valence-corrected chi connectivity index (χ4v) is 1.94. The molecule has 1 aromatic carbocycles. The lowest BCUT2D eigenvalue weighted by molar-refractivity contribution is 0.391. The zero-order valence-corrected chi connectivity index (χ0v) is 10.2. The fraction of sp³-hybridized carbons (Fsp3) is 0.385. The van der Waals surface area contributed by atoms with Crippen molar-refractivity contribution in [1.29, 1.82) is 0 Å². The second-order valence-corrected chi connectivity index (χ2v) is 4.94. The van der Waals surface area contributed by atoms with E-state index in [0.717, 1.165) is 17.2 Å². The number of aryl methyl sites for hydroxylation is 1. The van der Waals surface area contributed by atoms with Gasteiger partial charge in [-0.25, -0.2) is 0 Å². The lowest BCUT2D eigenvalue weighted by atomic mass is 10.1. The van der Waals surface area contributed by atoms with Crippen LogP contribution in [0.1, 0.15) is 26.6 Å². The minimum atomic E-state index is -0.00123. The van der Waals surface area contributed by atoms with Crippen LogP contribution in [0.4, 0.5) is 0 Å². The maximum absolute atomic E-state index is 4.27. The van der Waals surface area contributed by atoms with Gasteiger partial charge in [-0.05, 0) is 27.7 Å². The highest BCUT2D eigenvalue weighted by molar-refractivity contribution is 5.55. The molecule has 0 atom stereocenters. The van der Waals surface area contributed by atoms with Crippen molar-refractivity contribution in [2.75, 3.05) is 0 Å². The molecule has 0 N–H and O–H groups in total. The van der Waals surface area contributed by atoms with Gasteiger partial charge < -0.3 is 4.57 Å². The van der Waals surface area contributed by atoms with E-state index in [1.54, 1.807) is 0 Å². The van der Waals surface area contributed by atoms with E-state index in [1.165, 1.54) is 0 Å². The molecule has 0 amide bonds. The Bertz CT molecular complexity index is 478. The van der Waals surface area contributed by atoms with Crippen molar-refractivity contribution in [3.8, 4) is 11.4 Å². The third-order valence-corrected chi connectivity index (χ3v) is 2.53. The summed E-state index contributed by atoms with van der Waals surface area (Å²) in [7, 11) is 0. The number of nitrogens with zero attached hydrogens (tertiary/aromatic N) is 3. The Hall–Kier alpha value is -1.64. The first-order valence-corrected chi connectivity index (χ1v) is 5.48. The Kier molecular flexibility index (Phi) is 2.54. The molecule has 16 heavy (non-hydrogen) atoms. The highest BCUT2D eigenvalue weighted by Gasteiger charge is 2.21. The summed E-state index contributed by atoms with van der Waals surface area (Å²) in [6.07, 6.45) is 0. The summed E-state index contributed by atoms with van der Waals surface area (Å²) in [5, 5.41) is 8.44. The molecule has 0 aliphatic rings. The van der Waals surface area contributed by atoms with E-state index in [9.17, 15) is 0 Å². The van der Waals surface area contributed by atoms with Crippen molar-refractivity contribution < 1.29 is 0 Å².